The minimum atomic E-state index is -4.55. The molecule has 0 saturated heterocycles. The molecule has 3 heterocycles. The van der Waals surface area contributed by atoms with E-state index in [-0.39, 0.29) is 17.1 Å². The lowest BCUT2D eigenvalue weighted by atomic mass is 9.80. The van der Waals surface area contributed by atoms with Crippen LogP contribution in [0.2, 0.25) is 5.28 Å². The smallest absolute Gasteiger partial charge is 0.370 e. The summed E-state index contributed by atoms with van der Waals surface area (Å²) < 4.78 is 39.3. The van der Waals surface area contributed by atoms with Crippen molar-refractivity contribution in [1.82, 2.24) is 29.8 Å². The van der Waals surface area contributed by atoms with Gasteiger partial charge in [-0.05, 0) is 48.6 Å². The van der Waals surface area contributed by atoms with Crippen LogP contribution < -0.4 is 10.6 Å². The van der Waals surface area contributed by atoms with Crippen LogP contribution in [0.3, 0.4) is 0 Å². The Hall–Kier alpha value is -2.69. The number of rotatable bonds is 5. The van der Waals surface area contributed by atoms with Gasteiger partial charge in [-0.25, -0.2) is 9.97 Å². The summed E-state index contributed by atoms with van der Waals surface area (Å²) >= 11 is 5.90. The lowest BCUT2D eigenvalue weighted by Gasteiger charge is -2.36. The van der Waals surface area contributed by atoms with Crippen LogP contribution >= 0.6 is 11.6 Å². The summed E-state index contributed by atoms with van der Waals surface area (Å²) in [7, 11) is 0. The maximum Gasteiger partial charge on any atom is 0.451 e. The highest BCUT2D eigenvalue weighted by atomic mass is 35.5. The van der Waals surface area contributed by atoms with Crippen LogP contribution in [0.4, 0.5) is 24.8 Å². The molecule has 0 bridgehead atoms. The van der Waals surface area contributed by atoms with Gasteiger partial charge in [-0.2, -0.15) is 17.7 Å². The molecule has 0 radical (unpaired) electrons. The average molecular weight is 399 g/mol. The van der Waals surface area contributed by atoms with Crippen molar-refractivity contribution in [3.8, 4) is 0 Å². The Bertz CT molecular complexity index is 954. The highest BCUT2D eigenvalue weighted by Gasteiger charge is 2.35. The summed E-state index contributed by atoms with van der Waals surface area (Å²) in [6.45, 7) is 0.538. The molecule has 0 atom stereocenters. The number of nitrogens with zero attached hydrogens (tertiary/aromatic N) is 6. The van der Waals surface area contributed by atoms with Gasteiger partial charge in [-0.3, -0.25) is 0 Å². The van der Waals surface area contributed by atoms with Crippen molar-refractivity contribution >= 4 is 28.9 Å². The maximum atomic E-state index is 12.6. The fraction of sp³-hybridized carbons (Fsp3) is 0.400. The minimum absolute atomic E-state index is 0.170. The summed E-state index contributed by atoms with van der Waals surface area (Å²) in [5, 5.41) is 18.3. The van der Waals surface area contributed by atoms with E-state index < -0.39 is 12.0 Å². The molecule has 0 unspecified atom stereocenters. The Kier molecular flexibility index (Phi) is 4.46. The zero-order valence-electron chi connectivity index (χ0n) is 13.8. The molecule has 0 spiro atoms. The highest BCUT2D eigenvalue weighted by molar-refractivity contribution is 6.28. The quantitative estimate of drug-likeness (QED) is 0.682. The van der Waals surface area contributed by atoms with Crippen LogP contribution in [0.1, 0.15) is 18.7 Å². The molecule has 142 valence electrons. The zero-order chi connectivity index (χ0) is 19.0. The van der Waals surface area contributed by atoms with Crippen LogP contribution in [-0.2, 0) is 6.18 Å². The maximum absolute atomic E-state index is 12.6. The molecule has 1 aliphatic rings. The SMILES string of the molecule is FC(F)(F)c1nccc(NCC2CC(Nc3ccc4nnc(Cl)n4n3)C2)n1. The lowest BCUT2D eigenvalue weighted by Crippen LogP contribution is -2.39. The monoisotopic (exact) mass is 398 g/mol. The van der Waals surface area contributed by atoms with Gasteiger partial charge >= 0.3 is 6.18 Å². The van der Waals surface area contributed by atoms with Crippen molar-refractivity contribution in [2.75, 3.05) is 17.2 Å². The van der Waals surface area contributed by atoms with Crippen molar-refractivity contribution in [3.05, 3.63) is 35.5 Å². The Morgan fingerprint density at radius 1 is 1.15 bits per heavy atom. The first-order valence-corrected chi connectivity index (χ1v) is 8.55. The van der Waals surface area contributed by atoms with Gasteiger partial charge < -0.3 is 10.6 Å². The van der Waals surface area contributed by atoms with Gasteiger partial charge in [0, 0.05) is 18.8 Å². The van der Waals surface area contributed by atoms with Gasteiger partial charge in [0.25, 0.3) is 0 Å². The number of nitrogens with one attached hydrogen (secondary N) is 2. The molecule has 0 amide bonds. The molecular weight excluding hydrogens is 385 g/mol. The molecule has 0 aromatic carbocycles. The van der Waals surface area contributed by atoms with Crippen LogP contribution in [0, 0.1) is 5.92 Å². The van der Waals surface area contributed by atoms with Gasteiger partial charge in [0.15, 0.2) is 5.65 Å². The largest absolute Gasteiger partial charge is 0.451 e. The molecule has 8 nitrogen and oxygen atoms in total. The lowest BCUT2D eigenvalue weighted by molar-refractivity contribution is -0.144. The third-order valence-corrected chi connectivity index (χ3v) is 4.53. The first kappa shape index (κ1) is 17.7. The van der Waals surface area contributed by atoms with E-state index in [1.54, 1.807) is 12.1 Å². The first-order chi connectivity index (χ1) is 12.9. The normalized spacial score (nSPS) is 19.7. The standard InChI is InChI=1S/C15H14ClF3N8/c16-14-25-24-12-2-1-11(26-27(12)14)22-9-5-8(6-9)7-21-10-3-4-20-13(23-10)15(17,18)19/h1-4,8-9H,5-7H2,(H,22,26)(H,20,21,23). The highest BCUT2D eigenvalue weighted by Crippen LogP contribution is 2.30. The number of hydrogen-bond donors (Lipinski definition) is 2. The Morgan fingerprint density at radius 3 is 2.74 bits per heavy atom. The van der Waals surface area contributed by atoms with Crippen molar-refractivity contribution in [2.45, 2.75) is 25.1 Å². The number of aromatic nitrogens is 6. The molecule has 1 aliphatic carbocycles. The summed E-state index contributed by atoms with van der Waals surface area (Å²) in [4.78, 5) is 6.73. The summed E-state index contributed by atoms with van der Waals surface area (Å²) in [6, 6.07) is 5.21. The Balaban J connectivity index is 1.28. The number of anilines is 2. The Labute approximate surface area is 156 Å². The predicted octanol–water partition coefficient (Wildman–Crippen LogP) is 2.89. The van der Waals surface area contributed by atoms with Gasteiger partial charge in [-0.1, -0.05) is 0 Å². The number of hydrogen-bond acceptors (Lipinski definition) is 7. The van der Waals surface area contributed by atoms with Crippen LogP contribution in [0.15, 0.2) is 24.4 Å². The molecule has 2 N–H and O–H groups in total. The topological polar surface area (TPSA) is 92.9 Å². The first-order valence-electron chi connectivity index (χ1n) is 8.17. The number of halogens is 4. The predicted molar refractivity (Wildman–Crippen MR) is 91.5 cm³/mol. The van der Waals surface area contributed by atoms with E-state index in [4.69, 9.17) is 11.6 Å². The third-order valence-electron chi connectivity index (χ3n) is 4.29. The second kappa shape index (κ2) is 6.80. The Morgan fingerprint density at radius 2 is 1.96 bits per heavy atom. The second-order valence-electron chi connectivity index (χ2n) is 6.28. The molecule has 0 aliphatic heterocycles. The molecule has 12 heteroatoms. The van der Waals surface area contributed by atoms with E-state index in [1.165, 1.54) is 10.6 Å². The zero-order valence-corrected chi connectivity index (χ0v) is 14.5. The van der Waals surface area contributed by atoms with E-state index in [0.29, 0.717) is 23.9 Å². The van der Waals surface area contributed by atoms with E-state index >= 15 is 0 Å². The molecule has 3 aromatic heterocycles. The van der Waals surface area contributed by atoms with Gasteiger partial charge in [-0.15, -0.1) is 15.3 Å². The molecule has 1 fully saturated rings. The van der Waals surface area contributed by atoms with Gasteiger partial charge in [0.1, 0.15) is 11.6 Å². The third kappa shape index (κ3) is 3.87. The second-order valence-corrected chi connectivity index (χ2v) is 6.62. The fourth-order valence-corrected chi connectivity index (χ4v) is 3.07. The molecular formula is C15H14ClF3N8. The minimum Gasteiger partial charge on any atom is -0.370 e. The van der Waals surface area contributed by atoms with Crippen LogP contribution in [-0.4, -0.2) is 42.4 Å². The van der Waals surface area contributed by atoms with Crippen LogP contribution in [0.5, 0.6) is 0 Å². The van der Waals surface area contributed by atoms with Crippen LogP contribution in [0.25, 0.3) is 5.65 Å². The summed E-state index contributed by atoms with van der Waals surface area (Å²) in [5.74, 6) is 0.0122. The van der Waals surface area contributed by atoms with E-state index in [2.05, 4.69) is 35.9 Å². The summed E-state index contributed by atoms with van der Waals surface area (Å²) in [5.41, 5.74) is 0.560. The molecule has 4 rings (SSSR count). The number of alkyl halides is 3. The molecule has 3 aromatic rings. The molecule has 1 saturated carbocycles. The van der Waals surface area contributed by atoms with Crippen molar-refractivity contribution in [2.24, 2.45) is 5.92 Å². The van der Waals surface area contributed by atoms with Gasteiger partial charge in [0.2, 0.25) is 11.1 Å². The number of fused-ring (bicyclic) bond motifs is 1. The van der Waals surface area contributed by atoms with Gasteiger partial charge in [0.05, 0.1) is 0 Å². The summed E-state index contributed by atoms with van der Waals surface area (Å²) in [6.07, 6.45) is -1.73. The molecule has 27 heavy (non-hydrogen) atoms. The van der Waals surface area contributed by atoms with Crippen molar-refractivity contribution < 1.29 is 13.2 Å². The van der Waals surface area contributed by atoms with Crippen molar-refractivity contribution in [3.63, 3.8) is 0 Å². The van der Waals surface area contributed by atoms with E-state index in [9.17, 15) is 13.2 Å². The average Bonchev–Trinajstić information content (AvgIpc) is 2.97. The van der Waals surface area contributed by atoms with Crippen molar-refractivity contribution in [1.29, 1.82) is 0 Å². The van der Waals surface area contributed by atoms with E-state index in [1.807, 2.05) is 0 Å². The fourth-order valence-electron chi connectivity index (χ4n) is 2.91. The van der Waals surface area contributed by atoms with E-state index in [0.717, 1.165) is 19.0 Å².